The van der Waals surface area contributed by atoms with Gasteiger partial charge in [-0.15, -0.1) is 0 Å². The number of nitrogens with one attached hydrogen (secondary N) is 2. The van der Waals surface area contributed by atoms with Crippen LogP contribution in [0, 0.1) is 11.8 Å². The molecular weight excluding hydrogens is 492 g/mol. The molecule has 2 aliphatic rings. The Bertz CT molecular complexity index is 643. The van der Waals surface area contributed by atoms with Gasteiger partial charge >= 0.3 is 12.2 Å². The van der Waals surface area contributed by atoms with Crippen LogP contribution in [0.3, 0.4) is 0 Å². The van der Waals surface area contributed by atoms with Gasteiger partial charge in [0.15, 0.2) is 0 Å². The van der Waals surface area contributed by atoms with E-state index in [1.165, 1.54) is 0 Å². The van der Waals surface area contributed by atoms with Gasteiger partial charge in [0.25, 0.3) is 0 Å². The van der Waals surface area contributed by atoms with E-state index in [9.17, 15) is 14.4 Å². The molecule has 0 aliphatic heterocycles. The lowest BCUT2D eigenvalue weighted by Gasteiger charge is -2.29. The van der Waals surface area contributed by atoms with Crippen molar-refractivity contribution in [1.82, 2.24) is 10.6 Å². The number of carbonyl (C=O) groups is 3. The number of ether oxygens (including phenoxy) is 2. The Labute approximate surface area is 230 Å². The minimum Gasteiger partial charge on any atom is -0.444 e. The van der Waals surface area contributed by atoms with E-state index in [0.29, 0.717) is 10.9 Å². The fourth-order valence-electron chi connectivity index (χ4n) is 3.99. The van der Waals surface area contributed by atoms with Crippen molar-refractivity contribution in [1.29, 1.82) is 0 Å². The quantitative estimate of drug-likeness (QED) is 0.337. The van der Waals surface area contributed by atoms with Crippen LogP contribution >= 0.6 is 12.2 Å². The molecule has 0 unspecified atom stereocenters. The average molecular weight is 547 g/mol. The summed E-state index contributed by atoms with van der Waals surface area (Å²) in [6.45, 7) is 15.1. The van der Waals surface area contributed by atoms with Gasteiger partial charge in [-0.1, -0.05) is 33.5 Å². The molecule has 2 fully saturated rings. The molecule has 2 rings (SSSR count). The summed E-state index contributed by atoms with van der Waals surface area (Å²) >= 11 is 4.98. The highest BCUT2D eigenvalue weighted by Crippen LogP contribution is 2.25. The number of carbonyl (C=O) groups excluding carboxylic acids is 3. The van der Waals surface area contributed by atoms with Crippen molar-refractivity contribution in [2.75, 3.05) is 0 Å². The molecular formula is C27H54N4O5S. The maximum absolute atomic E-state index is 11.6. The smallest absolute Gasteiger partial charge is 0.407 e. The molecule has 0 aromatic heterocycles. The summed E-state index contributed by atoms with van der Waals surface area (Å²) in [4.78, 5) is 34.7. The molecule has 0 saturated heterocycles. The first-order valence-electron chi connectivity index (χ1n) is 13.1. The first-order chi connectivity index (χ1) is 16.6. The third kappa shape index (κ3) is 17.9. The summed E-state index contributed by atoms with van der Waals surface area (Å²) in [5, 5.41) is 5.71. The summed E-state index contributed by atoms with van der Waals surface area (Å²) < 4.78 is 10.4. The van der Waals surface area contributed by atoms with E-state index in [2.05, 4.69) is 10.6 Å². The van der Waals surface area contributed by atoms with Crippen LogP contribution in [0.5, 0.6) is 0 Å². The van der Waals surface area contributed by atoms with Crippen molar-refractivity contribution in [2.45, 2.75) is 137 Å². The van der Waals surface area contributed by atoms with Crippen molar-refractivity contribution in [3.05, 3.63) is 0 Å². The van der Waals surface area contributed by atoms with E-state index in [1.807, 2.05) is 55.4 Å². The minimum absolute atomic E-state index is 0. The Balaban J connectivity index is 0. The Kier molecular flexibility index (Phi) is 17.4. The molecule has 37 heavy (non-hydrogen) atoms. The standard InChI is InChI=1S/C12H22N2O3.C12H22N2O2S.C2H6.CH4/c1-12(2,3)17-11(16)14-9-6-4-8(5-7-9)10(13)15;1-12(2,3)16-11(15)14-9-6-4-8(5-7-9)10(13)17;1-2;/h8-9H,4-7H2,1-3H3,(H2,13,15)(H,14,16);8-9H,4-7H2,1-3H3,(H2,13,17)(H,14,15);1-2H3;1H4. The van der Waals surface area contributed by atoms with E-state index in [1.54, 1.807) is 0 Å². The summed E-state index contributed by atoms with van der Waals surface area (Å²) in [5.74, 6) is 0.0640. The zero-order valence-electron chi connectivity index (χ0n) is 23.6. The monoisotopic (exact) mass is 546 g/mol. The second kappa shape index (κ2) is 17.4. The number of primary amides is 1. The van der Waals surface area contributed by atoms with Crippen LogP contribution in [0.1, 0.15) is 114 Å². The largest absolute Gasteiger partial charge is 0.444 e. The van der Waals surface area contributed by atoms with E-state index in [4.69, 9.17) is 33.2 Å². The molecule has 2 saturated carbocycles. The molecule has 0 radical (unpaired) electrons. The van der Waals surface area contributed by atoms with Crippen LogP contribution < -0.4 is 22.1 Å². The highest BCUT2D eigenvalue weighted by atomic mass is 32.1. The third-order valence-corrected chi connectivity index (χ3v) is 6.03. The molecule has 218 valence electrons. The van der Waals surface area contributed by atoms with Crippen LogP contribution in [0.25, 0.3) is 0 Å². The van der Waals surface area contributed by atoms with Gasteiger partial charge < -0.3 is 31.6 Å². The normalized spacial score (nSPS) is 23.2. The van der Waals surface area contributed by atoms with E-state index in [-0.39, 0.29) is 43.5 Å². The molecule has 10 heteroatoms. The lowest BCUT2D eigenvalue weighted by Crippen LogP contribution is -2.42. The Morgan fingerprint density at radius 1 is 0.676 bits per heavy atom. The molecule has 3 amide bonds. The number of alkyl carbamates (subject to hydrolysis) is 2. The number of hydrogen-bond acceptors (Lipinski definition) is 6. The molecule has 2 aliphatic carbocycles. The van der Waals surface area contributed by atoms with Gasteiger partial charge in [-0.25, -0.2) is 9.59 Å². The summed E-state index contributed by atoms with van der Waals surface area (Å²) in [7, 11) is 0. The molecule has 9 nitrogen and oxygen atoms in total. The number of rotatable bonds is 4. The Morgan fingerprint density at radius 2 is 0.973 bits per heavy atom. The zero-order chi connectivity index (χ0) is 28.1. The summed E-state index contributed by atoms with van der Waals surface area (Å²) in [6, 6.07) is 0.288. The molecule has 0 aromatic carbocycles. The van der Waals surface area contributed by atoms with Crippen LogP contribution in [0.2, 0.25) is 0 Å². The van der Waals surface area contributed by atoms with Crippen LogP contribution in [0.15, 0.2) is 0 Å². The van der Waals surface area contributed by atoms with Crippen molar-refractivity contribution in [3.63, 3.8) is 0 Å². The SMILES string of the molecule is C.CC.CC(C)(C)OC(=O)NC1CCC(C(N)=O)CC1.CC(C)(C)OC(=O)NC1CCC(C(N)=S)CC1. The van der Waals surface area contributed by atoms with Gasteiger partial charge in [-0.05, 0) is 92.9 Å². The molecule has 6 N–H and O–H groups in total. The van der Waals surface area contributed by atoms with Gasteiger partial charge in [0.1, 0.15) is 11.2 Å². The second-order valence-electron chi connectivity index (χ2n) is 11.2. The lowest BCUT2D eigenvalue weighted by molar-refractivity contribution is -0.122. The van der Waals surface area contributed by atoms with Gasteiger partial charge in [-0.2, -0.15) is 0 Å². The first kappa shape index (κ1) is 37.1. The first-order valence-corrected chi connectivity index (χ1v) is 13.5. The number of hydrogen-bond donors (Lipinski definition) is 4. The lowest BCUT2D eigenvalue weighted by atomic mass is 9.86. The average Bonchev–Trinajstić information content (AvgIpc) is 2.73. The van der Waals surface area contributed by atoms with Gasteiger partial charge in [0, 0.05) is 23.9 Å². The van der Waals surface area contributed by atoms with Gasteiger partial charge in [0.2, 0.25) is 5.91 Å². The maximum atomic E-state index is 11.6. The highest BCUT2D eigenvalue weighted by Gasteiger charge is 2.27. The molecule has 0 heterocycles. The second-order valence-corrected chi connectivity index (χ2v) is 11.7. The summed E-state index contributed by atoms with van der Waals surface area (Å²) in [6.07, 6.45) is 6.08. The highest BCUT2D eigenvalue weighted by molar-refractivity contribution is 7.80. The van der Waals surface area contributed by atoms with E-state index in [0.717, 1.165) is 51.4 Å². The van der Waals surface area contributed by atoms with Gasteiger partial charge in [-0.3, -0.25) is 4.79 Å². The predicted molar refractivity (Wildman–Crippen MR) is 154 cm³/mol. The number of thiocarbonyl (C=S) groups is 1. The number of nitrogens with two attached hydrogens (primary N) is 2. The Hall–Kier alpha value is -2.10. The van der Waals surface area contributed by atoms with Crippen LogP contribution in [-0.2, 0) is 14.3 Å². The zero-order valence-corrected chi connectivity index (χ0v) is 24.4. The maximum Gasteiger partial charge on any atom is 0.407 e. The van der Waals surface area contributed by atoms with E-state index >= 15 is 0 Å². The van der Waals surface area contributed by atoms with Crippen LogP contribution in [-0.4, -0.2) is 46.4 Å². The topological polar surface area (TPSA) is 146 Å². The molecule has 0 spiro atoms. The fourth-order valence-corrected chi connectivity index (χ4v) is 4.23. The summed E-state index contributed by atoms with van der Waals surface area (Å²) in [5.41, 5.74) is 9.94. The minimum atomic E-state index is -0.478. The third-order valence-electron chi connectivity index (χ3n) is 5.70. The van der Waals surface area contributed by atoms with Crippen molar-refractivity contribution in [3.8, 4) is 0 Å². The van der Waals surface area contributed by atoms with Crippen molar-refractivity contribution in [2.24, 2.45) is 23.3 Å². The molecule has 0 atom stereocenters. The predicted octanol–water partition coefficient (Wildman–Crippen LogP) is 5.57. The van der Waals surface area contributed by atoms with E-state index < -0.39 is 11.2 Å². The molecule has 0 bridgehead atoms. The molecule has 0 aromatic rings. The number of amides is 3. The van der Waals surface area contributed by atoms with Crippen molar-refractivity contribution >= 4 is 35.3 Å². The van der Waals surface area contributed by atoms with Crippen molar-refractivity contribution < 1.29 is 23.9 Å². The van der Waals surface area contributed by atoms with Crippen LogP contribution in [0.4, 0.5) is 9.59 Å². The van der Waals surface area contributed by atoms with Gasteiger partial charge in [0.05, 0.1) is 4.99 Å². The fraction of sp³-hybridized carbons (Fsp3) is 0.852. The Morgan fingerprint density at radius 3 is 1.22 bits per heavy atom.